The Hall–Kier alpha value is -3.88. The van der Waals surface area contributed by atoms with Gasteiger partial charge in [-0.2, -0.15) is 9.78 Å². The number of carbonyl (C=O) groups is 3. The van der Waals surface area contributed by atoms with E-state index in [1.54, 1.807) is 24.3 Å². The summed E-state index contributed by atoms with van der Waals surface area (Å²) >= 11 is 0. The van der Waals surface area contributed by atoms with Crippen LogP contribution in [0.25, 0.3) is 10.9 Å². The number of nitrogens with zero attached hydrogens (tertiary/aromatic N) is 2. The number of amides is 1. The summed E-state index contributed by atoms with van der Waals surface area (Å²) in [5.74, 6) is -1.50. The average Bonchev–Trinajstić information content (AvgIpc) is 3.13. The standard InChI is InChI=1S/C27H33N3O6/c1-7-8-9-10-21-20-15-19(11-12-22(20)30(29-21)26(34)36-27(4,5)6)35-23-16(2)13-18(14-17(23)3)28-24(31)25(32)33/h11-15H,7-10H2,1-6H3,(H,28,31)(H,32,33). The van der Waals surface area contributed by atoms with E-state index in [4.69, 9.17) is 14.6 Å². The van der Waals surface area contributed by atoms with Crippen LogP contribution in [0.4, 0.5) is 10.5 Å². The molecule has 0 fully saturated rings. The quantitative estimate of drug-likeness (QED) is 0.305. The van der Waals surface area contributed by atoms with Crippen molar-refractivity contribution in [1.82, 2.24) is 9.78 Å². The van der Waals surface area contributed by atoms with E-state index >= 15 is 0 Å². The molecule has 192 valence electrons. The van der Waals surface area contributed by atoms with Gasteiger partial charge in [0.05, 0.1) is 11.2 Å². The summed E-state index contributed by atoms with van der Waals surface area (Å²) in [6.45, 7) is 11.2. The van der Waals surface area contributed by atoms with Gasteiger partial charge in [0.25, 0.3) is 0 Å². The summed E-state index contributed by atoms with van der Waals surface area (Å²) in [5, 5.41) is 16.6. The van der Waals surface area contributed by atoms with Crippen molar-refractivity contribution in [2.45, 2.75) is 72.8 Å². The molecule has 1 amide bonds. The molecule has 0 bridgehead atoms. The fraction of sp³-hybridized carbons (Fsp3) is 0.407. The number of aryl methyl sites for hydroxylation is 3. The van der Waals surface area contributed by atoms with Gasteiger partial charge in [-0.25, -0.2) is 9.59 Å². The van der Waals surface area contributed by atoms with E-state index in [1.807, 2.05) is 40.7 Å². The van der Waals surface area contributed by atoms with Gasteiger partial charge in [0.1, 0.15) is 17.1 Å². The third-order valence-electron chi connectivity index (χ3n) is 5.44. The third kappa shape index (κ3) is 6.41. The molecule has 3 rings (SSSR count). The minimum atomic E-state index is -1.55. The first-order chi connectivity index (χ1) is 16.9. The Morgan fingerprint density at radius 3 is 2.31 bits per heavy atom. The van der Waals surface area contributed by atoms with Gasteiger partial charge in [0, 0.05) is 11.1 Å². The van der Waals surface area contributed by atoms with Crippen LogP contribution >= 0.6 is 0 Å². The summed E-state index contributed by atoms with van der Waals surface area (Å²) in [6.07, 6.45) is 3.26. The van der Waals surface area contributed by atoms with Crippen molar-refractivity contribution in [3.8, 4) is 11.5 Å². The maximum Gasteiger partial charge on any atom is 0.435 e. The minimum Gasteiger partial charge on any atom is -0.474 e. The van der Waals surface area contributed by atoms with Crippen molar-refractivity contribution < 1.29 is 29.0 Å². The molecule has 0 aliphatic heterocycles. The van der Waals surface area contributed by atoms with Crippen LogP contribution < -0.4 is 10.1 Å². The maximum absolute atomic E-state index is 12.8. The lowest BCUT2D eigenvalue weighted by atomic mass is 10.1. The van der Waals surface area contributed by atoms with E-state index < -0.39 is 23.6 Å². The number of rotatable bonds is 7. The lowest BCUT2D eigenvalue weighted by Crippen LogP contribution is -2.27. The molecule has 2 N–H and O–H groups in total. The number of hydrogen-bond acceptors (Lipinski definition) is 6. The fourth-order valence-corrected chi connectivity index (χ4v) is 3.88. The minimum absolute atomic E-state index is 0.372. The van der Waals surface area contributed by atoms with E-state index in [0.29, 0.717) is 22.7 Å². The SMILES string of the molecule is CCCCCc1nn(C(=O)OC(C)(C)C)c2ccc(Oc3c(C)cc(NC(=O)C(=O)O)cc3C)cc12. The smallest absolute Gasteiger partial charge is 0.435 e. The highest BCUT2D eigenvalue weighted by Gasteiger charge is 2.23. The second-order valence-electron chi connectivity index (χ2n) is 9.78. The molecule has 0 saturated heterocycles. The molecule has 1 heterocycles. The average molecular weight is 496 g/mol. The lowest BCUT2D eigenvalue weighted by Gasteiger charge is -2.19. The number of hydrogen-bond donors (Lipinski definition) is 2. The summed E-state index contributed by atoms with van der Waals surface area (Å²) < 4.78 is 13.1. The Bertz CT molecular complexity index is 1280. The zero-order valence-corrected chi connectivity index (χ0v) is 21.6. The molecule has 0 unspecified atom stereocenters. The van der Waals surface area contributed by atoms with Gasteiger partial charge in [-0.05, 0) is 88.9 Å². The second kappa shape index (κ2) is 10.8. The van der Waals surface area contributed by atoms with Crippen molar-refractivity contribution in [2.75, 3.05) is 5.32 Å². The Kier molecular flexibility index (Phi) is 8.02. The first-order valence-electron chi connectivity index (χ1n) is 12.0. The maximum atomic E-state index is 12.8. The van der Waals surface area contributed by atoms with Crippen LogP contribution in [0.15, 0.2) is 30.3 Å². The highest BCUT2D eigenvalue weighted by Crippen LogP contribution is 2.34. The molecule has 0 spiro atoms. The molecular formula is C27H33N3O6. The van der Waals surface area contributed by atoms with Crippen molar-refractivity contribution >= 4 is 34.6 Å². The van der Waals surface area contributed by atoms with Gasteiger partial charge in [-0.1, -0.05) is 19.8 Å². The van der Waals surface area contributed by atoms with Gasteiger partial charge in [-0.3, -0.25) is 4.79 Å². The number of carbonyl (C=O) groups excluding carboxylic acids is 2. The van der Waals surface area contributed by atoms with E-state index in [0.717, 1.165) is 47.9 Å². The Labute approximate surface area is 210 Å². The Morgan fingerprint density at radius 2 is 1.72 bits per heavy atom. The van der Waals surface area contributed by atoms with Crippen molar-refractivity contribution in [1.29, 1.82) is 0 Å². The van der Waals surface area contributed by atoms with Gasteiger partial charge >= 0.3 is 18.0 Å². The van der Waals surface area contributed by atoms with Crippen LogP contribution in [0.1, 0.15) is 63.8 Å². The van der Waals surface area contributed by atoms with Gasteiger partial charge in [0.2, 0.25) is 0 Å². The van der Waals surface area contributed by atoms with E-state index in [-0.39, 0.29) is 0 Å². The summed E-state index contributed by atoms with van der Waals surface area (Å²) in [4.78, 5) is 35.2. The Balaban J connectivity index is 1.96. The topological polar surface area (TPSA) is 120 Å². The van der Waals surface area contributed by atoms with Crippen LogP contribution in [0.2, 0.25) is 0 Å². The van der Waals surface area contributed by atoms with Crippen molar-refractivity contribution in [3.05, 3.63) is 47.2 Å². The Morgan fingerprint density at radius 1 is 1.06 bits per heavy atom. The van der Waals surface area contributed by atoms with Gasteiger partial charge < -0.3 is 19.9 Å². The number of ether oxygens (including phenoxy) is 2. The molecular weight excluding hydrogens is 462 g/mol. The van der Waals surface area contributed by atoms with E-state index in [9.17, 15) is 14.4 Å². The van der Waals surface area contributed by atoms with Crippen molar-refractivity contribution in [3.63, 3.8) is 0 Å². The second-order valence-corrected chi connectivity index (χ2v) is 9.78. The molecule has 0 atom stereocenters. The van der Waals surface area contributed by atoms with Gasteiger partial charge in [-0.15, -0.1) is 0 Å². The number of benzene rings is 2. The zero-order valence-electron chi connectivity index (χ0n) is 21.6. The van der Waals surface area contributed by atoms with Crippen LogP contribution in [-0.4, -0.2) is 38.5 Å². The molecule has 1 aromatic heterocycles. The number of anilines is 1. The highest BCUT2D eigenvalue weighted by atomic mass is 16.6. The molecule has 3 aromatic rings. The third-order valence-corrected chi connectivity index (χ3v) is 5.44. The molecule has 0 radical (unpaired) electrons. The number of carboxylic acids is 1. The number of aromatic nitrogens is 2. The zero-order chi connectivity index (χ0) is 26.6. The monoisotopic (exact) mass is 495 g/mol. The molecule has 2 aromatic carbocycles. The summed E-state index contributed by atoms with van der Waals surface area (Å²) in [5.41, 5.74) is 2.62. The molecule has 9 heteroatoms. The molecule has 0 aliphatic carbocycles. The largest absolute Gasteiger partial charge is 0.474 e. The number of fused-ring (bicyclic) bond motifs is 1. The van der Waals surface area contributed by atoms with E-state index in [1.165, 1.54) is 4.68 Å². The van der Waals surface area contributed by atoms with Crippen molar-refractivity contribution in [2.24, 2.45) is 0 Å². The predicted molar refractivity (Wildman–Crippen MR) is 137 cm³/mol. The lowest BCUT2D eigenvalue weighted by molar-refractivity contribution is -0.147. The summed E-state index contributed by atoms with van der Waals surface area (Å²) in [7, 11) is 0. The first kappa shape index (κ1) is 26.7. The van der Waals surface area contributed by atoms with E-state index in [2.05, 4.69) is 17.3 Å². The predicted octanol–water partition coefficient (Wildman–Crippen LogP) is 5.98. The van der Waals surface area contributed by atoms with Crippen LogP contribution in [0.5, 0.6) is 11.5 Å². The molecule has 9 nitrogen and oxygen atoms in total. The van der Waals surface area contributed by atoms with Crippen LogP contribution in [0, 0.1) is 13.8 Å². The normalized spacial score (nSPS) is 11.4. The summed E-state index contributed by atoms with van der Waals surface area (Å²) in [6, 6.07) is 8.72. The molecule has 36 heavy (non-hydrogen) atoms. The van der Waals surface area contributed by atoms with Gasteiger partial charge in [0.15, 0.2) is 0 Å². The fourth-order valence-electron chi connectivity index (χ4n) is 3.88. The van der Waals surface area contributed by atoms with Crippen LogP contribution in [-0.2, 0) is 20.7 Å². The molecule has 0 saturated carbocycles. The molecule has 0 aliphatic rings. The number of aliphatic carboxylic acids is 1. The number of carboxylic acid groups (broad SMARTS) is 1. The number of unbranched alkanes of at least 4 members (excludes halogenated alkanes) is 2. The first-order valence-corrected chi connectivity index (χ1v) is 12.0. The highest BCUT2D eigenvalue weighted by molar-refractivity contribution is 6.36. The number of nitrogens with one attached hydrogen (secondary N) is 1. The van der Waals surface area contributed by atoms with Crippen LogP contribution in [0.3, 0.4) is 0 Å².